The number of thiophene rings is 1. The topological polar surface area (TPSA) is 52.0 Å². The molecular formula is C8H10N2OS. The van der Waals surface area contributed by atoms with Crippen LogP contribution in [0.25, 0.3) is 10.4 Å². The molecule has 0 aromatic carbocycles. The summed E-state index contributed by atoms with van der Waals surface area (Å²) in [7, 11) is 0. The third-order valence-electron chi connectivity index (χ3n) is 1.67. The van der Waals surface area contributed by atoms with Gasteiger partial charge in [-0.25, -0.2) is 4.98 Å². The number of oxazole rings is 1. The molecule has 2 rings (SSSR count). The number of nitrogens with two attached hydrogens (primary N) is 1. The highest BCUT2D eigenvalue weighted by molar-refractivity contribution is 7.18. The highest BCUT2D eigenvalue weighted by Crippen LogP contribution is 2.30. The molecule has 64 valence electrons. The van der Waals surface area contributed by atoms with Gasteiger partial charge in [-0.15, -0.1) is 0 Å². The van der Waals surface area contributed by atoms with E-state index in [1.165, 1.54) is 6.39 Å². The molecule has 0 fully saturated rings. The molecule has 0 spiro atoms. The minimum atomic E-state index is -0.298. The molecule has 3 nitrogen and oxygen atoms in total. The summed E-state index contributed by atoms with van der Waals surface area (Å²) in [5.74, 6) is 0. The Morgan fingerprint density at radius 2 is 2.33 bits per heavy atom. The Labute approximate surface area is 74.2 Å². The molecule has 2 heterocycles. The van der Waals surface area contributed by atoms with Crippen LogP contribution in [0.3, 0.4) is 0 Å². The number of aromatic nitrogens is 1. The SMILES string of the molecule is CC(C)(N)c1cc2ncoc2s1. The van der Waals surface area contributed by atoms with E-state index >= 15 is 0 Å². The van der Waals surface area contributed by atoms with E-state index in [2.05, 4.69) is 4.98 Å². The first-order valence-corrected chi connectivity index (χ1v) is 4.51. The highest BCUT2D eigenvalue weighted by Gasteiger charge is 2.18. The number of fused-ring (bicyclic) bond motifs is 1. The van der Waals surface area contributed by atoms with E-state index in [0.717, 1.165) is 15.3 Å². The van der Waals surface area contributed by atoms with Gasteiger partial charge in [-0.05, 0) is 19.9 Å². The average molecular weight is 182 g/mol. The maximum Gasteiger partial charge on any atom is 0.208 e. The summed E-state index contributed by atoms with van der Waals surface area (Å²) in [5, 5.41) is 0. The van der Waals surface area contributed by atoms with E-state index in [1.807, 2.05) is 19.9 Å². The highest BCUT2D eigenvalue weighted by atomic mass is 32.1. The van der Waals surface area contributed by atoms with Gasteiger partial charge in [-0.3, -0.25) is 0 Å². The number of rotatable bonds is 1. The van der Waals surface area contributed by atoms with Crippen LogP contribution in [0.15, 0.2) is 16.9 Å². The van der Waals surface area contributed by atoms with Crippen LogP contribution in [0.1, 0.15) is 18.7 Å². The first-order valence-electron chi connectivity index (χ1n) is 3.70. The zero-order valence-corrected chi connectivity index (χ0v) is 7.81. The molecule has 0 saturated heterocycles. The Morgan fingerprint density at radius 3 is 2.92 bits per heavy atom. The van der Waals surface area contributed by atoms with Crippen molar-refractivity contribution in [1.29, 1.82) is 0 Å². The lowest BCUT2D eigenvalue weighted by molar-refractivity contribution is 0.566. The Morgan fingerprint density at radius 1 is 1.58 bits per heavy atom. The molecule has 0 atom stereocenters. The van der Waals surface area contributed by atoms with Gasteiger partial charge in [0.1, 0.15) is 5.52 Å². The van der Waals surface area contributed by atoms with Gasteiger partial charge in [0, 0.05) is 10.4 Å². The summed E-state index contributed by atoms with van der Waals surface area (Å²) in [6.07, 6.45) is 1.45. The van der Waals surface area contributed by atoms with Crippen LogP contribution in [0.4, 0.5) is 0 Å². The number of hydrogen-bond donors (Lipinski definition) is 1. The van der Waals surface area contributed by atoms with E-state index < -0.39 is 0 Å². The van der Waals surface area contributed by atoms with Crippen LogP contribution in [-0.2, 0) is 5.54 Å². The second kappa shape index (κ2) is 2.31. The van der Waals surface area contributed by atoms with Crippen LogP contribution < -0.4 is 5.73 Å². The van der Waals surface area contributed by atoms with E-state index in [-0.39, 0.29) is 5.54 Å². The molecule has 0 bridgehead atoms. The molecule has 0 saturated carbocycles. The second-order valence-electron chi connectivity index (χ2n) is 3.36. The van der Waals surface area contributed by atoms with Gasteiger partial charge in [0.05, 0.1) is 0 Å². The van der Waals surface area contributed by atoms with Crippen LogP contribution in [0.5, 0.6) is 0 Å². The largest absolute Gasteiger partial charge is 0.433 e. The number of nitrogens with zero attached hydrogens (tertiary/aromatic N) is 1. The zero-order valence-electron chi connectivity index (χ0n) is 7.00. The Bertz CT molecular complexity index is 368. The van der Waals surface area contributed by atoms with Crippen LogP contribution in [0, 0.1) is 0 Å². The minimum Gasteiger partial charge on any atom is -0.433 e. The molecule has 12 heavy (non-hydrogen) atoms. The van der Waals surface area contributed by atoms with Crippen LogP contribution in [0.2, 0.25) is 0 Å². The van der Waals surface area contributed by atoms with Crippen molar-refractivity contribution in [3.63, 3.8) is 0 Å². The van der Waals surface area contributed by atoms with Crippen LogP contribution in [-0.4, -0.2) is 4.98 Å². The maximum atomic E-state index is 5.92. The summed E-state index contributed by atoms with van der Waals surface area (Å²) in [6, 6.07) is 1.98. The summed E-state index contributed by atoms with van der Waals surface area (Å²) in [4.78, 5) is 5.99. The molecule has 2 aromatic heterocycles. The third-order valence-corrected chi connectivity index (χ3v) is 3.02. The van der Waals surface area contributed by atoms with E-state index in [1.54, 1.807) is 11.3 Å². The quantitative estimate of drug-likeness (QED) is 0.734. The molecule has 0 amide bonds. The Balaban J connectivity index is 2.59. The zero-order chi connectivity index (χ0) is 8.77. The average Bonchev–Trinajstić information content (AvgIpc) is 2.37. The van der Waals surface area contributed by atoms with Crippen molar-refractivity contribution in [2.24, 2.45) is 5.73 Å². The van der Waals surface area contributed by atoms with Gasteiger partial charge in [-0.2, -0.15) is 0 Å². The van der Waals surface area contributed by atoms with Crippen molar-refractivity contribution >= 4 is 21.8 Å². The molecule has 4 heteroatoms. The van der Waals surface area contributed by atoms with Crippen molar-refractivity contribution in [3.05, 3.63) is 17.3 Å². The molecular weight excluding hydrogens is 172 g/mol. The van der Waals surface area contributed by atoms with Crippen molar-refractivity contribution in [3.8, 4) is 0 Å². The fourth-order valence-electron chi connectivity index (χ4n) is 0.988. The monoisotopic (exact) mass is 182 g/mol. The smallest absolute Gasteiger partial charge is 0.208 e. The summed E-state index contributed by atoms with van der Waals surface area (Å²) in [5.41, 5.74) is 6.52. The normalized spacial score (nSPS) is 12.6. The molecule has 0 aliphatic rings. The van der Waals surface area contributed by atoms with Gasteiger partial charge in [0.15, 0.2) is 6.39 Å². The predicted molar refractivity (Wildman–Crippen MR) is 49.1 cm³/mol. The lowest BCUT2D eigenvalue weighted by atomic mass is 10.1. The van der Waals surface area contributed by atoms with E-state index in [4.69, 9.17) is 10.2 Å². The summed E-state index contributed by atoms with van der Waals surface area (Å²) < 4.78 is 5.15. The van der Waals surface area contributed by atoms with E-state index in [9.17, 15) is 0 Å². The Hall–Kier alpha value is -0.870. The maximum absolute atomic E-state index is 5.92. The first kappa shape index (κ1) is 7.76. The van der Waals surface area contributed by atoms with Gasteiger partial charge in [-0.1, -0.05) is 11.3 Å². The van der Waals surface area contributed by atoms with E-state index in [0.29, 0.717) is 0 Å². The van der Waals surface area contributed by atoms with Gasteiger partial charge in [0.2, 0.25) is 4.90 Å². The van der Waals surface area contributed by atoms with Gasteiger partial charge < -0.3 is 10.2 Å². The molecule has 0 aliphatic carbocycles. The lowest BCUT2D eigenvalue weighted by Crippen LogP contribution is -2.27. The summed E-state index contributed by atoms with van der Waals surface area (Å²) >= 11 is 1.56. The molecule has 0 radical (unpaired) electrons. The molecule has 2 N–H and O–H groups in total. The Kier molecular flexibility index (Phi) is 1.49. The predicted octanol–water partition coefficient (Wildman–Crippen LogP) is 2.08. The third kappa shape index (κ3) is 1.13. The second-order valence-corrected chi connectivity index (χ2v) is 4.37. The van der Waals surface area contributed by atoms with Crippen molar-refractivity contribution in [2.45, 2.75) is 19.4 Å². The van der Waals surface area contributed by atoms with Gasteiger partial charge in [0.25, 0.3) is 0 Å². The van der Waals surface area contributed by atoms with Crippen molar-refractivity contribution in [1.82, 2.24) is 4.98 Å². The van der Waals surface area contributed by atoms with Gasteiger partial charge >= 0.3 is 0 Å². The number of hydrogen-bond acceptors (Lipinski definition) is 4. The fourth-order valence-corrected chi connectivity index (χ4v) is 1.93. The lowest BCUT2D eigenvalue weighted by Gasteiger charge is -2.14. The van der Waals surface area contributed by atoms with Crippen molar-refractivity contribution < 1.29 is 4.42 Å². The standard InChI is InChI=1S/C8H10N2OS/c1-8(2,9)6-3-5-7(12-6)11-4-10-5/h3-4H,9H2,1-2H3. The fraction of sp³-hybridized carbons (Fsp3) is 0.375. The summed E-state index contributed by atoms with van der Waals surface area (Å²) in [6.45, 7) is 3.94. The molecule has 0 unspecified atom stereocenters. The van der Waals surface area contributed by atoms with Crippen LogP contribution >= 0.6 is 11.3 Å². The molecule has 2 aromatic rings. The molecule has 0 aliphatic heterocycles. The first-order chi connectivity index (χ1) is 5.57. The minimum absolute atomic E-state index is 0.298. The van der Waals surface area contributed by atoms with Crippen molar-refractivity contribution in [2.75, 3.05) is 0 Å².